The van der Waals surface area contributed by atoms with Gasteiger partial charge in [0.25, 0.3) is 0 Å². The molecule has 0 fully saturated rings. The SMILES string of the molecule is C/C=C\C=C/C=NC1C=CC=CC1.C=C/C=C(\C)N(C(/C=C\C)=C(/C=C)N(c1ccccc1)c1ccccc1)c1cc2c(c3oc4ccccc4c13)C=Cc1cc3oc4ccccc4c3cc1C2(C)C.CC. The lowest BCUT2D eigenvalue weighted by Crippen LogP contribution is -2.27. The minimum absolute atomic E-state index is 0.334. The van der Waals surface area contributed by atoms with Crippen molar-refractivity contribution in [2.24, 2.45) is 4.99 Å². The third-order valence-corrected chi connectivity index (χ3v) is 13.0. The number of nitrogens with zero attached hydrogens (tertiary/aromatic N) is 3. The van der Waals surface area contributed by atoms with Gasteiger partial charge in [-0.3, -0.25) is 4.99 Å². The number of anilines is 3. The highest BCUT2D eigenvalue weighted by molar-refractivity contribution is 6.16. The van der Waals surface area contributed by atoms with Crippen LogP contribution in [0.3, 0.4) is 0 Å². The van der Waals surface area contributed by atoms with Crippen molar-refractivity contribution in [2.75, 3.05) is 9.80 Å². The van der Waals surface area contributed by atoms with E-state index in [1.54, 1.807) is 0 Å². The first kappa shape index (κ1) is 50.0. The van der Waals surface area contributed by atoms with Crippen molar-refractivity contribution in [2.45, 2.75) is 66.3 Å². The molecule has 0 N–H and O–H groups in total. The lowest BCUT2D eigenvalue weighted by atomic mass is 9.74. The Morgan fingerprint density at radius 2 is 1.35 bits per heavy atom. The molecule has 10 rings (SSSR count). The topological polar surface area (TPSA) is 45.1 Å². The summed E-state index contributed by atoms with van der Waals surface area (Å²) in [5.74, 6) is 0. The summed E-state index contributed by atoms with van der Waals surface area (Å²) in [6, 6.07) is 44.8. The van der Waals surface area contributed by atoms with Crippen LogP contribution in [0.2, 0.25) is 0 Å². The van der Waals surface area contributed by atoms with Gasteiger partial charge in [-0.15, -0.1) is 0 Å². The van der Waals surface area contributed by atoms with Gasteiger partial charge in [0, 0.05) is 50.4 Å². The number of fused-ring (bicyclic) bond motifs is 9. The van der Waals surface area contributed by atoms with Crippen LogP contribution in [-0.2, 0) is 5.41 Å². The molecule has 0 saturated carbocycles. The molecule has 1 atom stereocenters. The summed E-state index contributed by atoms with van der Waals surface area (Å²) in [6.07, 6.45) is 33.7. The number of aliphatic imine (C=N–C) groups is 1. The number of rotatable bonds is 12. The molecule has 2 aliphatic carbocycles. The molecule has 1 unspecified atom stereocenters. The second-order valence-electron chi connectivity index (χ2n) is 17.8. The third-order valence-electron chi connectivity index (χ3n) is 13.0. The number of hydrogen-bond acceptors (Lipinski definition) is 5. The van der Waals surface area contributed by atoms with Crippen LogP contribution >= 0.6 is 0 Å². The second kappa shape index (κ2) is 23.0. The zero-order valence-corrected chi connectivity index (χ0v) is 42.7. The summed E-state index contributed by atoms with van der Waals surface area (Å²) < 4.78 is 13.3. The summed E-state index contributed by atoms with van der Waals surface area (Å²) in [6.45, 7) is 23.5. The van der Waals surface area contributed by atoms with E-state index in [0.717, 1.165) is 101 Å². The highest BCUT2D eigenvalue weighted by atomic mass is 16.3. The van der Waals surface area contributed by atoms with Crippen LogP contribution in [0, 0.1) is 0 Å². The zero-order valence-electron chi connectivity index (χ0n) is 42.7. The summed E-state index contributed by atoms with van der Waals surface area (Å²) in [4.78, 5) is 8.99. The van der Waals surface area contributed by atoms with Gasteiger partial charge in [-0.05, 0) is 123 Å². The van der Waals surface area contributed by atoms with Crippen LogP contribution in [0.1, 0.15) is 77.1 Å². The molecule has 6 aromatic carbocycles. The fraction of sp³-hybridized carbons (Fsp3) is 0.149. The molecular weight excluding hydrogens is 879 g/mol. The van der Waals surface area contributed by atoms with Crippen LogP contribution in [0.15, 0.2) is 250 Å². The molecule has 0 spiro atoms. The van der Waals surface area contributed by atoms with E-state index in [9.17, 15) is 0 Å². The van der Waals surface area contributed by atoms with E-state index < -0.39 is 5.41 Å². The minimum atomic E-state index is -0.448. The second-order valence-corrected chi connectivity index (χ2v) is 17.8. The van der Waals surface area contributed by atoms with Gasteiger partial charge in [0.2, 0.25) is 0 Å². The predicted octanol–water partition coefficient (Wildman–Crippen LogP) is 19.1. The van der Waals surface area contributed by atoms with Crippen LogP contribution in [0.5, 0.6) is 0 Å². The summed E-state index contributed by atoms with van der Waals surface area (Å²) >= 11 is 0. The Morgan fingerprint density at radius 3 is 1.99 bits per heavy atom. The van der Waals surface area contributed by atoms with Gasteiger partial charge in [0.05, 0.1) is 28.5 Å². The van der Waals surface area contributed by atoms with E-state index in [-0.39, 0.29) is 0 Å². The van der Waals surface area contributed by atoms with Crippen molar-refractivity contribution in [3.8, 4) is 0 Å². The lowest BCUT2D eigenvalue weighted by Gasteiger charge is -2.35. The Hall–Kier alpha value is -8.41. The molecule has 72 heavy (non-hydrogen) atoms. The fourth-order valence-electron chi connectivity index (χ4n) is 9.68. The molecule has 360 valence electrons. The minimum Gasteiger partial charge on any atom is -0.456 e. The number of furan rings is 2. The molecular formula is C67H65N3O2. The first-order valence-corrected chi connectivity index (χ1v) is 25.0. The normalized spacial score (nSPS) is 15.4. The molecule has 5 nitrogen and oxygen atoms in total. The monoisotopic (exact) mass is 944 g/mol. The molecule has 2 heterocycles. The van der Waals surface area contributed by atoms with E-state index in [1.807, 2.05) is 99.8 Å². The van der Waals surface area contributed by atoms with Gasteiger partial charge < -0.3 is 18.6 Å². The van der Waals surface area contributed by atoms with Crippen LogP contribution in [-0.4, -0.2) is 12.3 Å². The molecule has 8 aromatic rings. The van der Waals surface area contributed by atoms with Crippen molar-refractivity contribution < 1.29 is 8.83 Å². The summed E-state index contributed by atoms with van der Waals surface area (Å²) in [7, 11) is 0. The van der Waals surface area contributed by atoms with Gasteiger partial charge in [0.1, 0.15) is 22.3 Å². The summed E-state index contributed by atoms with van der Waals surface area (Å²) in [5.41, 5.74) is 13.4. The van der Waals surface area contributed by atoms with Crippen molar-refractivity contribution in [1.29, 1.82) is 0 Å². The average molecular weight is 944 g/mol. The first-order valence-electron chi connectivity index (χ1n) is 25.0. The maximum Gasteiger partial charge on any atom is 0.145 e. The highest BCUT2D eigenvalue weighted by Crippen LogP contribution is 2.50. The van der Waals surface area contributed by atoms with Gasteiger partial charge in [-0.1, -0.05) is 180 Å². The van der Waals surface area contributed by atoms with Crippen molar-refractivity contribution in [3.05, 3.63) is 259 Å². The Labute approximate surface area is 426 Å². The van der Waals surface area contributed by atoms with E-state index in [4.69, 9.17) is 8.83 Å². The predicted molar refractivity (Wildman–Crippen MR) is 312 cm³/mol. The molecule has 2 aromatic heterocycles. The molecule has 0 saturated heterocycles. The molecule has 0 amide bonds. The van der Waals surface area contributed by atoms with E-state index in [1.165, 1.54) is 5.56 Å². The maximum atomic E-state index is 6.96. The largest absolute Gasteiger partial charge is 0.456 e. The lowest BCUT2D eigenvalue weighted by molar-refractivity contribution is 0.630. The Balaban J connectivity index is 0.000000401. The Bertz CT molecular complexity index is 3470. The Morgan fingerprint density at radius 1 is 0.681 bits per heavy atom. The van der Waals surface area contributed by atoms with E-state index >= 15 is 0 Å². The molecule has 0 radical (unpaired) electrons. The smallest absolute Gasteiger partial charge is 0.145 e. The number of benzene rings is 6. The molecule has 0 bridgehead atoms. The van der Waals surface area contributed by atoms with Crippen molar-refractivity contribution in [3.63, 3.8) is 0 Å². The van der Waals surface area contributed by atoms with E-state index in [2.05, 4.69) is 201 Å². The molecule has 5 heteroatoms. The Kier molecular flexibility index (Phi) is 16.0. The molecule has 0 aliphatic heterocycles. The van der Waals surface area contributed by atoms with Crippen LogP contribution in [0.25, 0.3) is 56.0 Å². The van der Waals surface area contributed by atoms with Gasteiger partial charge in [0.15, 0.2) is 0 Å². The number of para-hydroxylation sites is 4. The third kappa shape index (κ3) is 10.1. The highest BCUT2D eigenvalue weighted by Gasteiger charge is 2.35. The van der Waals surface area contributed by atoms with E-state index in [0.29, 0.717) is 6.04 Å². The summed E-state index contributed by atoms with van der Waals surface area (Å²) in [5, 5.41) is 4.30. The van der Waals surface area contributed by atoms with Crippen molar-refractivity contribution >= 4 is 79.3 Å². The fourth-order valence-corrected chi connectivity index (χ4v) is 9.68. The van der Waals surface area contributed by atoms with Gasteiger partial charge in [-0.25, -0.2) is 0 Å². The van der Waals surface area contributed by atoms with Gasteiger partial charge in [-0.2, -0.15) is 0 Å². The standard InChI is InChI=1S/C53H44N2O2.C12H15N.C2H6/c1-7-20-35(4)54(46(21-8-2)45(9-3)55(37-22-12-10-13-23-37)38-24-14-11-15-25-38)47-34-44-40(52-51(47)41-27-17-19-29-49(41)57-52)31-30-36-32-50-42(33-43(36)53(44,5)6)39-26-16-18-28-48(39)56-50;1-2-3-4-8-11-13-12-9-6-5-7-10-12;1-2/h7-34H,1,3H2,2,4-6H3;2-9,11-12H,10H2,1H3;1-2H3/b21-8-,35-20+,46-45-;3-2-,8-4-,13-11?;. The quantitative estimate of drug-likeness (QED) is 0.0904. The number of allylic oxidation sites excluding steroid dienone is 12. The number of hydrogen-bond donors (Lipinski definition) is 0. The maximum absolute atomic E-state index is 6.96. The zero-order chi connectivity index (χ0) is 50.6. The molecule has 2 aliphatic rings. The van der Waals surface area contributed by atoms with Gasteiger partial charge >= 0.3 is 0 Å². The van der Waals surface area contributed by atoms with Crippen molar-refractivity contribution in [1.82, 2.24) is 0 Å². The average Bonchev–Trinajstić information content (AvgIpc) is 3.96. The first-order chi connectivity index (χ1) is 35.3. The van der Waals surface area contributed by atoms with Crippen LogP contribution in [0.4, 0.5) is 17.1 Å². The van der Waals surface area contributed by atoms with Crippen LogP contribution < -0.4 is 9.80 Å².